The molecule has 0 aromatic carbocycles. The first kappa shape index (κ1) is 14.9. The minimum Gasteiger partial charge on any atom is -0.347 e. The number of amides is 1. The molecule has 116 valence electrons. The second kappa shape index (κ2) is 5.31. The molecule has 6 nitrogen and oxygen atoms in total. The summed E-state index contributed by atoms with van der Waals surface area (Å²) in [6, 6.07) is -0.0738. The highest BCUT2D eigenvalue weighted by atomic mass is 32.2. The zero-order valence-corrected chi connectivity index (χ0v) is 13.6. The number of sulfone groups is 1. The number of hydrogen-bond donors (Lipinski definition) is 1. The van der Waals surface area contributed by atoms with E-state index in [1.54, 1.807) is 0 Å². The Kier molecular flexibility index (Phi) is 3.77. The molecule has 1 unspecified atom stereocenters. The summed E-state index contributed by atoms with van der Waals surface area (Å²) < 4.78 is 23.8. The highest BCUT2D eigenvalue weighted by Gasteiger charge is 2.52. The number of nitrogens with one attached hydrogen (secondary N) is 1. The predicted molar refractivity (Wildman–Crippen MR) is 80.1 cm³/mol. The monoisotopic (exact) mass is 329 g/mol. The van der Waals surface area contributed by atoms with Gasteiger partial charge in [-0.05, 0) is 32.1 Å². The average Bonchev–Trinajstić information content (AvgIpc) is 2.87. The molecule has 1 spiro atoms. The second-order valence-corrected chi connectivity index (χ2v) is 9.44. The SMILES string of the molecule is CCc1nnc(C(=O)NC2CCS(=O)(=O)C3(CCC3)C2)s1. The van der Waals surface area contributed by atoms with E-state index < -0.39 is 14.6 Å². The van der Waals surface area contributed by atoms with Gasteiger partial charge in [-0.1, -0.05) is 24.7 Å². The van der Waals surface area contributed by atoms with Crippen LogP contribution in [0.5, 0.6) is 0 Å². The van der Waals surface area contributed by atoms with E-state index in [2.05, 4.69) is 15.5 Å². The number of hydrogen-bond acceptors (Lipinski definition) is 6. The lowest BCUT2D eigenvalue weighted by atomic mass is 9.79. The summed E-state index contributed by atoms with van der Waals surface area (Å²) in [6.45, 7) is 1.97. The number of nitrogens with zero attached hydrogens (tertiary/aromatic N) is 2. The zero-order chi connectivity index (χ0) is 15.1. The minimum atomic E-state index is -3.00. The Morgan fingerprint density at radius 2 is 2.19 bits per heavy atom. The second-order valence-electron chi connectivity index (χ2n) is 5.87. The summed E-state index contributed by atoms with van der Waals surface area (Å²) in [5.74, 6) is -0.0557. The third kappa shape index (κ3) is 2.59. The molecule has 1 N–H and O–H groups in total. The number of aromatic nitrogens is 2. The van der Waals surface area contributed by atoms with Gasteiger partial charge in [0.25, 0.3) is 5.91 Å². The van der Waals surface area contributed by atoms with Gasteiger partial charge in [-0.15, -0.1) is 10.2 Å². The molecule has 1 saturated heterocycles. The molecule has 0 bridgehead atoms. The topological polar surface area (TPSA) is 89.0 Å². The van der Waals surface area contributed by atoms with Crippen LogP contribution in [0.2, 0.25) is 0 Å². The van der Waals surface area contributed by atoms with Gasteiger partial charge in [-0.3, -0.25) is 4.79 Å². The third-order valence-corrected chi connectivity index (χ3v) is 8.31. The molecule has 1 amide bonds. The van der Waals surface area contributed by atoms with Crippen LogP contribution in [0.3, 0.4) is 0 Å². The fraction of sp³-hybridized carbons (Fsp3) is 0.769. The van der Waals surface area contributed by atoms with Gasteiger partial charge in [-0.2, -0.15) is 0 Å². The lowest BCUT2D eigenvalue weighted by Gasteiger charge is -2.46. The maximum atomic E-state index is 12.2. The number of carbonyl (C=O) groups excluding carboxylic acids is 1. The van der Waals surface area contributed by atoms with Crippen molar-refractivity contribution in [3.05, 3.63) is 10.0 Å². The van der Waals surface area contributed by atoms with Crippen LogP contribution < -0.4 is 5.32 Å². The van der Waals surface area contributed by atoms with E-state index in [0.29, 0.717) is 17.8 Å². The van der Waals surface area contributed by atoms with Crippen molar-refractivity contribution in [2.24, 2.45) is 0 Å². The first-order chi connectivity index (χ1) is 9.96. The molecule has 8 heteroatoms. The van der Waals surface area contributed by atoms with Crippen molar-refractivity contribution in [2.75, 3.05) is 5.75 Å². The first-order valence-corrected chi connectivity index (χ1v) is 9.78. The van der Waals surface area contributed by atoms with Crippen molar-refractivity contribution in [3.8, 4) is 0 Å². The van der Waals surface area contributed by atoms with Crippen LogP contribution in [0.25, 0.3) is 0 Å². The molecule has 2 aliphatic rings. The van der Waals surface area contributed by atoms with E-state index in [-0.39, 0.29) is 17.7 Å². The molecule has 21 heavy (non-hydrogen) atoms. The van der Waals surface area contributed by atoms with Crippen LogP contribution in [0.15, 0.2) is 0 Å². The fourth-order valence-corrected chi connectivity index (χ4v) is 6.21. The highest BCUT2D eigenvalue weighted by Crippen LogP contribution is 2.46. The molecular weight excluding hydrogens is 310 g/mol. The van der Waals surface area contributed by atoms with Crippen LogP contribution in [-0.2, 0) is 16.3 Å². The standard InChI is InChI=1S/C13H19N3O3S2/c1-2-10-15-16-12(20-10)11(17)14-9-4-7-21(18,19)13(8-9)5-3-6-13/h9H,2-8H2,1H3,(H,14,17). The van der Waals surface area contributed by atoms with E-state index in [9.17, 15) is 13.2 Å². The van der Waals surface area contributed by atoms with E-state index >= 15 is 0 Å². The molecule has 2 fully saturated rings. The Morgan fingerprint density at radius 1 is 1.43 bits per heavy atom. The molecule has 1 aliphatic carbocycles. The fourth-order valence-electron chi connectivity index (χ4n) is 3.14. The summed E-state index contributed by atoms with van der Waals surface area (Å²) in [5.41, 5.74) is 0. The van der Waals surface area contributed by atoms with Crippen molar-refractivity contribution in [3.63, 3.8) is 0 Å². The summed E-state index contributed by atoms with van der Waals surface area (Å²) in [4.78, 5) is 12.2. The first-order valence-electron chi connectivity index (χ1n) is 7.31. The molecule has 1 aromatic heterocycles. The number of rotatable bonds is 3. The molecule has 3 rings (SSSR count). The van der Waals surface area contributed by atoms with Crippen LogP contribution in [0.4, 0.5) is 0 Å². The lowest BCUT2D eigenvalue weighted by molar-refractivity contribution is 0.0923. The van der Waals surface area contributed by atoms with Crippen LogP contribution in [0.1, 0.15) is 53.8 Å². The molecule has 0 radical (unpaired) electrons. The van der Waals surface area contributed by atoms with Gasteiger partial charge in [0.05, 0.1) is 10.5 Å². The Balaban J connectivity index is 1.67. The van der Waals surface area contributed by atoms with Crippen molar-refractivity contribution < 1.29 is 13.2 Å². The van der Waals surface area contributed by atoms with Crippen molar-refractivity contribution in [1.82, 2.24) is 15.5 Å². The smallest absolute Gasteiger partial charge is 0.282 e. The van der Waals surface area contributed by atoms with Gasteiger partial charge in [0.2, 0.25) is 5.01 Å². The summed E-state index contributed by atoms with van der Waals surface area (Å²) in [5, 5.41) is 12.0. The van der Waals surface area contributed by atoms with Gasteiger partial charge in [0, 0.05) is 6.04 Å². The van der Waals surface area contributed by atoms with Crippen molar-refractivity contribution >= 4 is 27.1 Å². The molecule has 1 atom stereocenters. The maximum absolute atomic E-state index is 12.2. The highest BCUT2D eigenvalue weighted by molar-refractivity contribution is 7.92. The van der Waals surface area contributed by atoms with E-state index in [1.807, 2.05) is 6.92 Å². The van der Waals surface area contributed by atoms with Gasteiger partial charge in [-0.25, -0.2) is 8.42 Å². The van der Waals surface area contributed by atoms with Gasteiger partial charge >= 0.3 is 0 Å². The molecular formula is C13H19N3O3S2. The quantitative estimate of drug-likeness (QED) is 0.903. The Bertz CT molecular complexity index is 649. The van der Waals surface area contributed by atoms with Crippen LogP contribution >= 0.6 is 11.3 Å². The molecule has 2 heterocycles. The minimum absolute atomic E-state index is 0.0738. The van der Waals surface area contributed by atoms with Gasteiger partial charge in [0.1, 0.15) is 5.01 Å². The number of carbonyl (C=O) groups is 1. The maximum Gasteiger partial charge on any atom is 0.282 e. The Hall–Kier alpha value is -1.02. The zero-order valence-electron chi connectivity index (χ0n) is 12.0. The Morgan fingerprint density at radius 3 is 2.76 bits per heavy atom. The number of aryl methyl sites for hydroxylation is 1. The van der Waals surface area contributed by atoms with Crippen molar-refractivity contribution in [1.29, 1.82) is 0 Å². The third-order valence-electron chi connectivity index (χ3n) is 4.58. The summed E-state index contributed by atoms with van der Waals surface area (Å²) in [7, 11) is -3.00. The largest absolute Gasteiger partial charge is 0.347 e. The van der Waals surface area contributed by atoms with Crippen molar-refractivity contribution in [2.45, 2.75) is 56.2 Å². The van der Waals surface area contributed by atoms with Gasteiger partial charge in [0.15, 0.2) is 9.84 Å². The molecule has 1 saturated carbocycles. The summed E-state index contributed by atoms with van der Waals surface area (Å²) in [6.07, 6.45) is 4.24. The average molecular weight is 329 g/mol. The van der Waals surface area contributed by atoms with Crippen LogP contribution in [-0.4, -0.2) is 41.1 Å². The summed E-state index contributed by atoms with van der Waals surface area (Å²) >= 11 is 1.30. The Labute approximate surface area is 128 Å². The normalized spacial score (nSPS) is 26.2. The molecule has 1 aromatic rings. The van der Waals surface area contributed by atoms with E-state index in [4.69, 9.17) is 0 Å². The van der Waals surface area contributed by atoms with E-state index in [1.165, 1.54) is 11.3 Å². The lowest BCUT2D eigenvalue weighted by Crippen LogP contribution is -2.55. The predicted octanol–water partition coefficient (Wildman–Crippen LogP) is 1.33. The van der Waals surface area contributed by atoms with E-state index in [0.717, 1.165) is 30.7 Å². The van der Waals surface area contributed by atoms with Crippen LogP contribution in [0, 0.1) is 0 Å². The molecule has 1 aliphatic heterocycles. The van der Waals surface area contributed by atoms with Gasteiger partial charge < -0.3 is 5.32 Å².